The average molecular weight is 193 g/mol. The van der Waals surface area contributed by atoms with Gasteiger partial charge in [0.25, 0.3) is 5.56 Å². The van der Waals surface area contributed by atoms with E-state index in [9.17, 15) is 4.79 Å². The van der Waals surface area contributed by atoms with Gasteiger partial charge in [-0.25, -0.2) is 4.98 Å². The highest BCUT2D eigenvalue weighted by Crippen LogP contribution is 2.18. The zero-order valence-corrected chi connectivity index (χ0v) is 8.34. The predicted molar refractivity (Wildman–Crippen MR) is 54.4 cm³/mol. The first kappa shape index (κ1) is 9.40. The lowest BCUT2D eigenvalue weighted by Crippen LogP contribution is -2.30. The van der Waals surface area contributed by atoms with Gasteiger partial charge in [-0.3, -0.25) is 4.79 Å². The van der Waals surface area contributed by atoms with Crippen molar-refractivity contribution in [2.45, 2.75) is 25.7 Å². The number of hydrogen-bond donors (Lipinski definition) is 2. The normalized spacial score (nSPS) is 22.2. The van der Waals surface area contributed by atoms with Crippen molar-refractivity contribution in [2.24, 2.45) is 0 Å². The lowest BCUT2D eigenvalue weighted by atomic mass is 9.99. The Bertz CT molecular complexity index is 366. The second-order valence-corrected chi connectivity index (χ2v) is 3.82. The Morgan fingerprint density at radius 3 is 3.07 bits per heavy atom. The standard InChI is InChI=1S/C10H15N3O/c1-7-5-12-9(13-10(7)14)8-3-2-4-11-6-8/h5,8,11H,2-4,6H2,1H3,(H,12,13,14). The number of aromatic amines is 1. The van der Waals surface area contributed by atoms with Gasteiger partial charge in [0.15, 0.2) is 0 Å². The summed E-state index contributed by atoms with van der Waals surface area (Å²) in [6, 6.07) is 0. The summed E-state index contributed by atoms with van der Waals surface area (Å²) in [5.74, 6) is 1.20. The second-order valence-electron chi connectivity index (χ2n) is 3.82. The Morgan fingerprint density at radius 2 is 2.43 bits per heavy atom. The van der Waals surface area contributed by atoms with Crippen LogP contribution >= 0.6 is 0 Å². The molecule has 0 bridgehead atoms. The molecule has 76 valence electrons. The Balaban J connectivity index is 2.23. The van der Waals surface area contributed by atoms with Gasteiger partial charge in [-0.15, -0.1) is 0 Å². The molecule has 0 saturated carbocycles. The first-order valence-corrected chi connectivity index (χ1v) is 5.04. The minimum Gasteiger partial charge on any atom is -0.316 e. The largest absolute Gasteiger partial charge is 0.316 e. The number of aromatic nitrogens is 2. The van der Waals surface area contributed by atoms with E-state index in [4.69, 9.17) is 0 Å². The van der Waals surface area contributed by atoms with E-state index in [1.807, 2.05) is 0 Å². The van der Waals surface area contributed by atoms with Gasteiger partial charge >= 0.3 is 0 Å². The fourth-order valence-electron chi connectivity index (χ4n) is 1.76. The Hall–Kier alpha value is -1.16. The molecule has 1 unspecified atom stereocenters. The molecule has 0 spiro atoms. The van der Waals surface area contributed by atoms with E-state index in [1.54, 1.807) is 13.1 Å². The van der Waals surface area contributed by atoms with Crippen LogP contribution in [-0.2, 0) is 0 Å². The van der Waals surface area contributed by atoms with Gasteiger partial charge in [0, 0.05) is 24.2 Å². The molecule has 0 radical (unpaired) electrons. The number of nitrogens with one attached hydrogen (secondary N) is 2. The molecule has 1 fully saturated rings. The Morgan fingerprint density at radius 1 is 1.57 bits per heavy atom. The van der Waals surface area contributed by atoms with Crippen molar-refractivity contribution in [3.05, 3.63) is 27.9 Å². The van der Waals surface area contributed by atoms with Crippen LogP contribution in [0.15, 0.2) is 11.0 Å². The molecule has 0 amide bonds. The number of nitrogens with zero attached hydrogens (tertiary/aromatic N) is 1. The highest BCUT2D eigenvalue weighted by atomic mass is 16.1. The van der Waals surface area contributed by atoms with Gasteiger partial charge in [-0.1, -0.05) is 0 Å². The van der Waals surface area contributed by atoms with Crippen LogP contribution in [0.25, 0.3) is 0 Å². The summed E-state index contributed by atoms with van der Waals surface area (Å²) in [6.07, 6.45) is 3.92. The number of H-pyrrole nitrogens is 1. The third-order valence-electron chi connectivity index (χ3n) is 2.68. The van der Waals surface area contributed by atoms with E-state index >= 15 is 0 Å². The number of rotatable bonds is 1. The SMILES string of the molecule is Cc1cnc(C2CCCNC2)[nH]c1=O. The van der Waals surface area contributed by atoms with Crippen LogP contribution in [-0.4, -0.2) is 23.1 Å². The first-order valence-electron chi connectivity index (χ1n) is 5.04. The van der Waals surface area contributed by atoms with E-state index in [1.165, 1.54) is 0 Å². The third kappa shape index (κ3) is 1.85. The highest BCUT2D eigenvalue weighted by Gasteiger charge is 2.17. The summed E-state index contributed by atoms with van der Waals surface area (Å²) in [5, 5.41) is 3.31. The van der Waals surface area contributed by atoms with Crippen LogP contribution in [0.4, 0.5) is 0 Å². The quantitative estimate of drug-likeness (QED) is 0.684. The van der Waals surface area contributed by atoms with Gasteiger partial charge in [0.1, 0.15) is 5.82 Å². The van der Waals surface area contributed by atoms with Gasteiger partial charge in [0.05, 0.1) is 0 Å². The second kappa shape index (κ2) is 3.92. The molecule has 1 aromatic heterocycles. The summed E-state index contributed by atoms with van der Waals surface area (Å²) in [7, 11) is 0. The van der Waals surface area contributed by atoms with Gasteiger partial charge < -0.3 is 10.3 Å². The van der Waals surface area contributed by atoms with Crippen LogP contribution in [0, 0.1) is 6.92 Å². The molecule has 0 aromatic carbocycles. The summed E-state index contributed by atoms with van der Waals surface area (Å²) in [5.41, 5.74) is 0.665. The van der Waals surface area contributed by atoms with Crippen molar-refractivity contribution >= 4 is 0 Å². The van der Waals surface area contributed by atoms with Crippen LogP contribution < -0.4 is 10.9 Å². The van der Waals surface area contributed by atoms with Gasteiger partial charge in [0.2, 0.25) is 0 Å². The topological polar surface area (TPSA) is 57.8 Å². The van der Waals surface area contributed by atoms with Gasteiger partial charge in [-0.05, 0) is 26.3 Å². The van der Waals surface area contributed by atoms with E-state index in [0.717, 1.165) is 31.8 Å². The molecule has 4 nitrogen and oxygen atoms in total. The van der Waals surface area contributed by atoms with Crippen molar-refractivity contribution < 1.29 is 0 Å². The molecule has 1 aromatic rings. The lowest BCUT2D eigenvalue weighted by molar-refractivity contribution is 0.445. The zero-order valence-electron chi connectivity index (χ0n) is 8.34. The molecule has 2 N–H and O–H groups in total. The van der Waals surface area contributed by atoms with Crippen molar-refractivity contribution in [1.29, 1.82) is 0 Å². The van der Waals surface area contributed by atoms with E-state index in [0.29, 0.717) is 11.5 Å². The fraction of sp³-hybridized carbons (Fsp3) is 0.600. The third-order valence-corrected chi connectivity index (χ3v) is 2.68. The van der Waals surface area contributed by atoms with Crippen molar-refractivity contribution in [2.75, 3.05) is 13.1 Å². The smallest absolute Gasteiger partial charge is 0.253 e. The predicted octanol–water partition coefficient (Wildman–Crippen LogP) is 0.545. The first-order chi connectivity index (χ1) is 6.77. The summed E-state index contributed by atoms with van der Waals surface area (Å²) < 4.78 is 0. The van der Waals surface area contributed by atoms with Crippen LogP contribution in [0.1, 0.15) is 30.1 Å². The average Bonchev–Trinajstić information content (AvgIpc) is 2.23. The molecular formula is C10H15N3O. The molecule has 2 heterocycles. The van der Waals surface area contributed by atoms with Gasteiger partial charge in [-0.2, -0.15) is 0 Å². The molecule has 1 atom stereocenters. The summed E-state index contributed by atoms with van der Waals surface area (Å²) in [6.45, 7) is 3.77. The highest BCUT2D eigenvalue weighted by molar-refractivity contribution is 5.06. The maximum Gasteiger partial charge on any atom is 0.253 e. The number of hydrogen-bond acceptors (Lipinski definition) is 3. The summed E-state index contributed by atoms with van der Waals surface area (Å²) >= 11 is 0. The molecule has 1 aliphatic rings. The monoisotopic (exact) mass is 193 g/mol. The molecular weight excluding hydrogens is 178 g/mol. The van der Waals surface area contributed by atoms with Crippen LogP contribution in [0.3, 0.4) is 0 Å². The van der Waals surface area contributed by atoms with Crippen molar-refractivity contribution in [3.63, 3.8) is 0 Å². The molecule has 1 saturated heterocycles. The maximum absolute atomic E-state index is 11.4. The Kier molecular flexibility index (Phi) is 2.63. The van der Waals surface area contributed by atoms with Crippen LogP contribution in [0.2, 0.25) is 0 Å². The fourth-order valence-corrected chi connectivity index (χ4v) is 1.76. The van der Waals surface area contributed by atoms with E-state index in [2.05, 4.69) is 15.3 Å². The lowest BCUT2D eigenvalue weighted by Gasteiger charge is -2.21. The minimum atomic E-state index is -0.0134. The minimum absolute atomic E-state index is 0.0134. The number of aryl methyl sites for hydroxylation is 1. The van der Waals surface area contributed by atoms with Crippen molar-refractivity contribution in [1.82, 2.24) is 15.3 Å². The van der Waals surface area contributed by atoms with E-state index in [-0.39, 0.29) is 5.56 Å². The molecule has 0 aliphatic carbocycles. The maximum atomic E-state index is 11.4. The van der Waals surface area contributed by atoms with E-state index < -0.39 is 0 Å². The van der Waals surface area contributed by atoms with Crippen LogP contribution in [0.5, 0.6) is 0 Å². The number of piperidine rings is 1. The van der Waals surface area contributed by atoms with Crippen molar-refractivity contribution in [3.8, 4) is 0 Å². The Labute approximate surface area is 82.8 Å². The molecule has 4 heteroatoms. The zero-order chi connectivity index (χ0) is 9.97. The molecule has 2 rings (SSSR count). The summed E-state index contributed by atoms with van der Waals surface area (Å²) in [4.78, 5) is 18.5. The molecule has 1 aliphatic heterocycles. The molecule has 14 heavy (non-hydrogen) atoms.